The van der Waals surface area contributed by atoms with Crippen molar-refractivity contribution in [1.29, 1.82) is 0 Å². The Morgan fingerprint density at radius 2 is 1.34 bits per heavy atom. The van der Waals surface area contributed by atoms with Gasteiger partial charge >= 0.3 is 0 Å². The molecule has 2 heterocycles. The first-order valence-corrected chi connectivity index (χ1v) is 10.3. The second kappa shape index (κ2) is 6.33. The summed E-state index contributed by atoms with van der Waals surface area (Å²) in [5.41, 5.74) is 7.91. The molecule has 2 aromatic heterocycles. The lowest BCUT2D eigenvalue weighted by Gasteiger charge is -2.08. The van der Waals surface area contributed by atoms with Crippen molar-refractivity contribution in [3.05, 3.63) is 102 Å². The van der Waals surface area contributed by atoms with Crippen LogP contribution in [-0.2, 0) is 0 Å². The Bertz CT molecular complexity index is 1510. The number of hydrogen-bond donors (Lipinski definition) is 0. The highest BCUT2D eigenvalue weighted by Crippen LogP contribution is 2.31. The van der Waals surface area contributed by atoms with Gasteiger partial charge in [0.25, 0.3) is 0 Å². The molecule has 6 rings (SSSR count). The average molecular weight is 438 g/mol. The molecule has 0 unspecified atom stereocenters. The Morgan fingerprint density at radius 1 is 0.621 bits per heavy atom. The van der Waals surface area contributed by atoms with Gasteiger partial charge in [-0.25, -0.2) is 4.98 Å². The molecule has 0 aliphatic heterocycles. The van der Waals surface area contributed by atoms with Crippen LogP contribution in [0, 0.1) is 0 Å². The van der Waals surface area contributed by atoms with Gasteiger partial charge in [0.15, 0.2) is 0 Å². The summed E-state index contributed by atoms with van der Waals surface area (Å²) in [6.07, 6.45) is 0. The zero-order valence-corrected chi connectivity index (χ0v) is 17.0. The molecule has 4 aromatic carbocycles. The van der Waals surface area contributed by atoms with Crippen molar-refractivity contribution >= 4 is 43.8 Å². The highest BCUT2D eigenvalue weighted by molar-refractivity contribution is 9.10. The minimum Gasteiger partial charge on any atom is -0.278 e. The van der Waals surface area contributed by atoms with Crippen LogP contribution in [0.2, 0.25) is 0 Å². The van der Waals surface area contributed by atoms with Crippen LogP contribution in [0.1, 0.15) is 0 Å². The molecule has 0 radical (unpaired) electrons. The SMILES string of the molecule is Brc1ccc(-c2cccc(-n3c4ccccc4n4c5ccccc5nc34)c2)cc1. The minimum absolute atomic E-state index is 0.931. The van der Waals surface area contributed by atoms with Crippen LogP contribution < -0.4 is 0 Å². The van der Waals surface area contributed by atoms with Crippen LogP contribution >= 0.6 is 15.9 Å². The summed E-state index contributed by atoms with van der Waals surface area (Å²) >= 11 is 3.52. The van der Waals surface area contributed by atoms with Crippen LogP contribution in [-0.4, -0.2) is 14.0 Å². The second-order valence-corrected chi connectivity index (χ2v) is 8.03. The summed E-state index contributed by atoms with van der Waals surface area (Å²) in [6.45, 7) is 0. The monoisotopic (exact) mass is 437 g/mol. The second-order valence-electron chi connectivity index (χ2n) is 7.12. The fourth-order valence-corrected chi connectivity index (χ4v) is 4.34. The van der Waals surface area contributed by atoms with Crippen LogP contribution in [0.5, 0.6) is 0 Å². The maximum absolute atomic E-state index is 4.96. The summed E-state index contributed by atoms with van der Waals surface area (Å²) in [5, 5.41) is 0. The molecular weight excluding hydrogens is 422 g/mol. The summed E-state index contributed by atoms with van der Waals surface area (Å²) in [6, 6.07) is 33.8. The molecule has 0 saturated heterocycles. The lowest BCUT2D eigenvalue weighted by Crippen LogP contribution is -1.95. The predicted molar refractivity (Wildman–Crippen MR) is 123 cm³/mol. The van der Waals surface area contributed by atoms with E-state index in [0.717, 1.165) is 38.0 Å². The largest absolute Gasteiger partial charge is 0.278 e. The summed E-state index contributed by atoms with van der Waals surface area (Å²) in [5.74, 6) is 0.931. The molecule has 0 amide bonds. The molecule has 0 aliphatic rings. The third kappa shape index (κ3) is 2.53. The minimum atomic E-state index is 0.931. The average Bonchev–Trinajstić information content (AvgIpc) is 3.29. The van der Waals surface area contributed by atoms with Gasteiger partial charge in [-0.15, -0.1) is 0 Å². The van der Waals surface area contributed by atoms with E-state index in [0.29, 0.717) is 0 Å². The molecule has 138 valence electrons. The number of fused-ring (bicyclic) bond motifs is 5. The van der Waals surface area contributed by atoms with Gasteiger partial charge in [-0.05, 0) is 59.7 Å². The number of aromatic nitrogens is 3. The number of halogens is 1. The van der Waals surface area contributed by atoms with Gasteiger partial charge in [0, 0.05) is 10.2 Å². The fourth-order valence-electron chi connectivity index (χ4n) is 4.07. The molecule has 6 aromatic rings. The lowest BCUT2D eigenvalue weighted by molar-refractivity contribution is 1.11. The third-order valence-corrected chi connectivity index (χ3v) is 5.92. The van der Waals surface area contributed by atoms with Gasteiger partial charge in [-0.1, -0.05) is 64.5 Å². The number of benzene rings is 4. The van der Waals surface area contributed by atoms with E-state index in [1.807, 2.05) is 6.07 Å². The van der Waals surface area contributed by atoms with E-state index in [1.165, 1.54) is 11.1 Å². The molecule has 0 fully saturated rings. The number of imidazole rings is 2. The number of hydrogen-bond acceptors (Lipinski definition) is 1. The molecule has 4 heteroatoms. The van der Waals surface area contributed by atoms with Gasteiger partial charge in [0.05, 0.1) is 22.1 Å². The summed E-state index contributed by atoms with van der Waals surface area (Å²) < 4.78 is 5.58. The first-order chi connectivity index (χ1) is 14.3. The van der Waals surface area contributed by atoms with E-state index < -0.39 is 0 Å². The number of nitrogens with zero attached hydrogens (tertiary/aromatic N) is 3. The van der Waals surface area contributed by atoms with Crippen molar-refractivity contribution in [3.63, 3.8) is 0 Å². The van der Waals surface area contributed by atoms with E-state index >= 15 is 0 Å². The van der Waals surface area contributed by atoms with Crippen molar-refractivity contribution in [1.82, 2.24) is 14.0 Å². The molecule has 3 nitrogen and oxygen atoms in total. The first-order valence-electron chi connectivity index (χ1n) is 9.53. The zero-order chi connectivity index (χ0) is 19.4. The van der Waals surface area contributed by atoms with Crippen molar-refractivity contribution < 1.29 is 0 Å². The van der Waals surface area contributed by atoms with Gasteiger partial charge in [-0.3, -0.25) is 8.97 Å². The molecular formula is C25H16BrN3. The Kier molecular flexibility index (Phi) is 3.61. The van der Waals surface area contributed by atoms with Crippen molar-refractivity contribution in [2.24, 2.45) is 0 Å². The van der Waals surface area contributed by atoms with Gasteiger partial charge < -0.3 is 0 Å². The zero-order valence-electron chi connectivity index (χ0n) is 15.5. The third-order valence-electron chi connectivity index (χ3n) is 5.39. The van der Waals surface area contributed by atoms with E-state index in [2.05, 4.69) is 116 Å². The van der Waals surface area contributed by atoms with Crippen molar-refractivity contribution in [2.45, 2.75) is 0 Å². The normalized spacial score (nSPS) is 11.6. The highest BCUT2D eigenvalue weighted by Gasteiger charge is 2.16. The van der Waals surface area contributed by atoms with Crippen molar-refractivity contribution in [3.8, 4) is 16.8 Å². The van der Waals surface area contributed by atoms with Gasteiger partial charge in [0.2, 0.25) is 5.78 Å². The van der Waals surface area contributed by atoms with E-state index in [1.54, 1.807) is 0 Å². The summed E-state index contributed by atoms with van der Waals surface area (Å²) in [7, 11) is 0. The van der Waals surface area contributed by atoms with Crippen LogP contribution in [0.25, 0.3) is 44.7 Å². The van der Waals surface area contributed by atoms with Crippen LogP contribution in [0.15, 0.2) is 102 Å². The molecule has 0 saturated carbocycles. The van der Waals surface area contributed by atoms with Crippen molar-refractivity contribution in [2.75, 3.05) is 0 Å². The number of para-hydroxylation sites is 4. The Labute approximate surface area is 176 Å². The smallest absolute Gasteiger partial charge is 0.220 e. The highest BCUT2D eigenvalue weighted by atomic mass is 79.9. The molecule has 0 aliphatic carbocycles. The van der Waals surface area contributed by atoms with E-state index in [4.69, 9.17) is 4.98 Å². The molecule has 0 N–H and O–H groups in total. The standard InChI is InChI=1S/C25H16BrN3/c26-19-14-12-17(13-15-19)18-6-5-7-20(16-18)28-23-10-3-4-11-24(23)29-22-9-2-1-8-21(22)27-25(28)29/h1-16H. The van der Waals surface area contributed by atoms with E-state index in [-0.39, 0.29) is 0 Å². The predicted octanol–water partition coefficient (Wildman–Crippen LogP) is 6.86. The Morgan fingerprint density at radius 3 is 2.17 bits per heavy atom. The maximum atomic E-state index is 4.96. The van der Waals surface area contributed by atoms with Crippen LogP contribution in [0.4, 0.5) is 0 Å². The number of rotatable bonds is 2. The Hall–Kier alpha value is -3.37. The molecule has 29 heavy (non-hydrogen) atoms. The van der Waals surface area contributed by atoms with E-state index in [9.17, 15) is 0 Å². The summed E-state index contributed by atoms with van der Waals surface area (Å²) in [4.78, 5) is 4.96. The first kappa shape index (κ1) is 16.6. The van der Waals surface area contributed by atoms with Gasteiger partial charge in [-0.2, -0.15) is 0 Å². The fraction of sp³-hybridized carbons (Fsp3) is 0. The van der Waals surface area contributed by atoms with Crippen LogP contribution in [0.3, 0.4) is 0 Å². The van der Waals surface area contributed by atoms with Gasteiger partial charge in [0.1, 0.15) is 0 Å². The molecule has 0 atom stereocenters. The quantitative estimate of drug-likeness (QED) is 0.290. The molecule has 0 spiro atoms. The maximum Gasteiger partial charge on any atom is 0.220 e. The lowest BCUT2D eigenvalue weighted by atomic mass is 10.1. The Balaban J connectivity index is 1.67. The topological polar surface area (TPSA) is 22.2 Å². The molecule has 0 bridgehead atoms.